The summed E-state index contributed by atoms with van der Waals surface area (Å²) in [7, 11) is 0. The van der Waals surface area contributed by atoms with Crippen LogP contribution < -0.4 is 4.74 Å². The maximum atomic E-state index is 12.2. The lowest BCUT2D eigenvalue weighted by atomic mass is 9.65. The number of fused-ring (bicyclic) bond motifs is 3. The van der Waals surface area contributed by atoms with Crippen molar-refractivity contribution in [3.05, 3.63) is 28.8 Å². The Morgan fingerprint density at radius 1 is 1.19 bits per heavy atom. The minimum Gasteiger partial charge on any atom is -0.487 e. The highest BCUT2D eigenvalue weighted by molar-refractivity contribution is 5.80. The van der Waals surface area contributed by atoms with Crippen molar-refractivity contribution in [1.82, 2.24) is 0 Å². The molecule has 1 fully saturated rings. The van der Waals surface area contributed by atoms with Gasteiger partial charge in [-0.25, -0.2) is 0 Å². The van der Waals surface area contributed by atoms with Gasteiger partial charge in [0.15, 0.2) is 0 Å². The number of aryl methyl sites for hydroxylation is 1. The molecule has 0 amide bonds. The van der Waals surface area contributed by atoms with Gasteiger partial charge in [0, 0.05) is 30.2 Å². The van der Waals surface area contributed by atoms with E-state index in [1.807, 2.05) is 0 Å². The largest absolute Gasteiger partial charge is 0.487 e. The summed E-state index contributed by atoms with van der Waals surface area (Å²) in [5.74, 6) is 2.22. The average molecular weight is 371 g/mol. The van der Waals surface area contributed by atoms with E-state index in [-0.39, 0.29) is 11.0 Å². The highest BCUT2D eigenvalue weighted by Crippen LogP contribution is 2.52. The van der Waals surface area contributed by atoms with E-state index in [4.69, 9.17) is 4.74 Å². The minimum atomic E-state index is -0.200. The van der Waals surface area contributed by atoms with Gasteiger partial charge in [0.1, 0.15) is 17.1 Å². The fraction of sp³-hybridized carbons (Fsp3) is 0.720. The number of hydrogen-bond donors (Lipinski definition) is 0. The maximum absolute atomic E-state index is 12.2. The summed E-state index contributed by atoms with van der Waals surface area (Å²) in [6.07, 6.45) is 8.77. The molecule has 0 aromatic heterocycles. The zero-order valence-electron chi connectivity index (χ0n) is 18.3. The van der Waals surface area contributed by atoms with Crippen LogP contribution in [0.15, 0.2) is 12.1 Å². The van der Waals surface area contributed by atoms with E-state index in [2.05, 4.69) is 53.7 Å². The Labute approximate surface area is 166 Å². The van der Waals surface area contributed by atoms with Crippen LogP contribution in [0.1, 0.15) is 109 Å². The number of ether oxygens (including phenoxy) is 1. The number of carbonyl (C=O) groups excluding carboxylic acids is 1. The van der Waals surface area contributed by atoms with Crippen LogP contribution in [0.3, 0.4) is 0 Å². The van der Waals surface area contributed by atoms with Crippen molar-refractivity contribution < 1.29 is 9.53 Å². The lowest BCUT2D eigenvalue weighted by Gasteiger charge is -2.48. The monoisotopic (exact) mass is 370 g/mol. The van der Waals surface area contributed by atoms with E-state index in [0.29, 0.717) is 30.5 Å². The van der Waals surface area contributed by atoms with Gasteiger partial charge in [0.25, 0.3) is 0 Å². The van der Waals surface area contributed by atoms with Gasteiger partial charge < -0.3 is 4.74 Å². The molecule has 0 bridgehead atoms. The lowest BCUT2D eigenvalue weighted by molar-refractivity contribution is -0.124. The van der Waals surface area contributed by atoms with E-state index in [1.54, 1.807) is 0 Å². The highest BCUT2D eigenvalue weighted by atomic mass is 16.5. The van der Waals surface area contributed by atoms with Crippen molar-refractivity contribution in [3.8, 4) is 5.75 Å². The maximum Gasteiger partial charge on any atom is 0.133 e. The number of rotatable bonds is 6. The predicted octanol–water partition coefficient (Wildman–Crippen LogP) is 6.87. The fourth-order valence-corrected chi connectivity index (χ4v) is 5.36. The van der Waals surface area contributed by atoms with Gasteiger partial charge in [-0.15, -0.1) is 0 Å². The van der Waals surface area contributed by atoms with Gasteiger partial charge in [-0.05, 0) is 56.2 Å². The first kappa shape index (κ1) is 20.4. The second-order valence-corrected chi connectivity index (χ2v) is 10.1. The van der Waals surface area contributed by atoms with E-state index < -0.39 is 0 Å². The normalized spacial score (nSPS) is 24.1. The van der Waals surface area contributed by atoms with Crippen LogP contribution in [-0.2, 0) is 10.2 Å². The standard InChI is InChI=1S/C25H38O2/c1-7-8-9-10-13-24(3,4)18-14-17(2)23-20-16-19(26)11-12-21(20)25(5,6)27-22(23)15-18/h14-15,20-21H,7-13,16H2,1-6H3/t20-,21-/m1/s1. The van der Waals surface area contributed by atoms with Crippen LogP contribution in [0.25, 0.3) is 0 Å². The van der Waals surface area contributed by atoms with Crippen LogP contribution in [0.5, 0.6) is 5.75 Å². The molecule has 2 aliphatic rings. The second-order valence-electron chi connectivity index (χ2n) is 10.1. The smallest absolute Gasteiger partial charge is 0.133 e. The molecule has 2 nitrogen and oxygen atoms in total. The molecule has 1 aliphatic heterocycles. The number of ketones is 1. The van der Waals surface area contributed by atoms with Crippen molar-refractivity contribution >= 4 is 5.78 Å². The van der Waals surface area contributed by atoms with Crippen LogP contribution in [-0.4, -0.2) is 11.4 Å². The molecule has 0 N–H and O–H groups in total. The summed E-state index contributed by atoms with van der Waals surface area (Å²) in [5.41, 5.74) is 3.95. The number of hydrogen-bond acceptors (Lipinski definition) is 2. The zero-order valence-corrected chi connectivity index (χ0v) is 18.3. The molecule has 1 aromatic rings. The van der Waals surface area contributed by atoms with Gasteiger partial charge in [-0.2, -0.15) is 0 Å². The quantitative estimate of drug-likeness (QED) is 0.511. The van der Waals surface area contributed by atoms with Gasteiger partial charge >= 0.3 is 0 Å². The Bertz CT molecular complexity index is 699. The van der Waals surface area contributed by atoms with E-state index in [1.165, 1.54) is 48.8 Å². The van der Waals surface area contributed by atoms with Crippen molar-refractivity contribution in [1.29, 1.82) is 0 Å². The Morgan fingerprint density at radius 3 is 2.63 bits per heavy atom. The Balaban J connectivity index is 1.92. The summed E-state index contributed by atoms with van der Waals surface area (Å²) in [4.78, 5) is 12.2. The Kier molecular flexibility index (Phi) is 5.75. The van der Waals surface area contributed by atoms with Crippen molar-refractivity contribution in [2.24, 2.45) is 5.92 Å². The van der Waals surface area contributed by atoms with Gasteiger partial charge in [0.05, 0.1) is 0 Å². The third kappa shape index (κ3) is 4.10. The molecule has 1 heterocycles. The summed E-state index contributed by atoms with van der Waals surface area (Å²) in [5, 5.41) is 0. The van der Waals surface area contributed by atoms with E-state index in [0.717, 1.165) is 12.2 Å². The van der Waals surface area contributed by atoms with Crippen molar-refractivity contribution in [3.63, 3.8) is 0 Å². The molecule has 1 aliphatic carbocycles. The first-order valence-corrected chi connectivity index (χ1v) is 11.0. The summed E-state index contributed by atoms with van der Waals surface area (Å²) in [6.45, 7) is 13.6. The molecule has 1 aromatic carbocycles. The molecule has 3 rings (SSSR count). The third-order valence-electron chi connectivity index (χ3n) is 7.09. The molecule has 0 unspecified atom stereocenters. The predicted molar refractivity (Wildman–Crippen MR) is 113 cm³/mol. The molecule has 0 radical (unpaired) electrons. The Morgan fingerprint density at radius 2 is 1.93 bits per heavy atom. The molecule has 2 heteroatoms. The number of carbonyl (C=O) groups is 1. The topological polar surface area (TPSA) is 26.3 Å². The summed E-state index contributed by atoms with van der Waals surface area (Å²) < 4.78 is 6.57. The third-order valence-corrected chi connectivity index (χ3v) is 7.09. The fourth-order valence-electron chi connectivity index (χ4n) is 5.36. The summed E-state index contributed by atoms with van der Waals surface area (Å²) in [6, 6.07) is 4.66. The van der Waals surface area contributed by atoms with Crippen LogP contribution in [0.4, 0.5) is 0 Å². The molecule has 0 saturated heterocycles. The number of benzene rings is 1. The molecule has 2 atom stereocenters. The first-order chi connectivity index (χ1) is 12.7. The molecular formula is C25H38O2. The first-order valence-electron chi connectivity index (χ1n) is 11.0. The molecule has 1 saturated carbocycles. The van der Waals surface area contributed by atoms with Crippen LogP contribution in [0.2, 0.25) is 0 Å². The van der Waals surface area contributed by atoms with Gasteiger partial charge in [0.2, 0.25) is 0 Å². The van der Waals surface area contributed by atoms with Gasteiger partial charge in [-0.1, -0.05) is 52.5 Å². The number of Topliss-reactive ketones (excluding diaryl/α,β-unsaturated/α-hetero) is 1. The summed E-state index contributed by atoms with van der Waals surface area (Å²) >= 11 is 0. The zero-order chi connectivity index (χ0) is 19.8. The SMILES string of the molecule is CCCCCCC(C)(C)c1cc(C)c2c(c1)OC(C)(C)[C@@H]1CCC(=O)C[C@@H]21. The number of unbranched alkanes of at least 4 members (excludes halogenated alkanes) is 3. The van der Waals surface area contributed by atoms with Crippen LogP contribution in [0, 0.1) is 12.8 Å². The second kappa shape index (κ2) is 7.60. The van der Waals surface area contributed by atoms with E-state index >= 15 is 0 Å². The average Bonchev–Trinajstić information content (AvgIpc) is 2.57. The minimum absolute atomic E-state index is 0.153. The molecular weight excluding hydrogens is 332 g/mol. The van der Waals surface area contributed by atoms with Crippen molar-refractivity contribution in [2.75, 3.05) is 0 Å². The molecule has 0 spiro atoms. The highest BCUT2D eigenvalue weighted by Gasteiger charge is 2.47. The Hall–Kier alpha value is -1.31. The molecule has 150 valence electrons. The van der Waals surface area contributed by atoms with Gasteiger partial charge in [-0.3, -0.25) is 4.79 Å². The van der Waals surface area contributed by atoms with Crippen molar-refractivity contribution in [2.45, 2.75) is 110 Å². The lowest BCUT2D eigenvalue weighted by Crippen LogP contribution is -2.47. The van der Waals surface area contributed by atoms with Crippen LogP contribution >= 0.6 is 0 Å². The van der Waals surface area contributed by atoms with E-state index in [9.17, 15) is 4.79 Å². The molecule has 27 heavy (non-hydrogen) atoms.